The van der Waals surface area contributed by atoms with Crippen molar-refractivity contribution < 1.29 is 13.6 Å². The quantitative estimate of drug-likeness (QED) is 0.372. The number of carbonyl (C=O) groups is 1. The molecule has 40 heavy (non-hydrogen) atoms. The van der Waals surface area contributed by atoms with Gasteiger partial charge in [-0.3, -0.25) is 9.69 Å². The Bertz CT molecular complexity index is 1510. The van der Waals surface area contributed by atoms with Gasteiger partial charge in [0, 0.05) is 56.1 Å². The summed E-state index contributed by atoms with van der Waals surface area (Å²) in [6, 6.07) is 13.1. The second kappa shape index (κ2) is 10.9. The van der Waals surface area contributed by atoms with Crippen LogP contribution < -0.4 is 10.2 Å². The van der Waals surface area contributed by atoms with Crippen LogP contribution >= 0.6 is 0 Å². The van der Waals surface area contributed by atoms with Crippen LogP contribution in [0.3, 0.4) is 0 Å². The zero-order valence-corrected chi connectivity index (χ0v) is 22.7. The summed E-state index contributed by atoms with van der Waals surface area (Å²) < 4.78 is 30.1. The zero-order chi connectivity index (χ0) is 27.8. The highest BCUT2D eigenvalue weighted by Gasteiger charge is 2.30. The van der Waals surface area contributed by atoms with Crippen molar-refractivity contribution in [3.05, 3.63) is 89.2 Å². The number of aromatic nitrogens is 3. The highest BCUT2D eigenvalue weighted by atomic mass is 19.1. The Morgan fingerprint density at radius 3 is 2.58 bits per heavy atom. The summed E-state index contributed by atoms with van der Waals surface area (Å²) in [5.41, 5.74) is 3.02. The van der Waals surface area contributed by atoms with Gasteiger partial charge >= 0.3 is 0 Å². The molecule has 4 aromatic rings. The highest BCUT2D eigenvalue weighted by molar-refractivity contribution is 6.06. The molecule has 2 aromatic carbocycles. The molecule has 2 aliphatic heterocycles. The van der Waals surface area contributed by atoms with Crippen LogP contribution in [0.5, 0.6) is 0 Å². The monoisotopic (exact) mass is 545 g/mol. The van der Waals surface area contributed by atoms with Gasteiger partial charge in [0.25, 0.3) is 5.91 Å². The molecule has 2 saturated heterocycles. The van der Waals surface area contributed by atoms with Crippen LogP contribution in [0.1, 0.15) is 53.3 Å². The van der Waals surface area contributed by atoms with Gasteiger partial charge in [-0.2, -0.15) is 5.10 Å². The first-order valence-electron chi connectivity index (χ1n) is 13.8. The fraction of sp³-hybridized carbons (Fsp3) is 0.367. The first kappa shape index (κ1) is 26.3. The van der Waals surface area contributed by atoms with E-state index in [0.717, 1.165) is 38.7 Å². The number of hydrogen-bond acceptors (Lipinski definition) is 6. The maximum absolute atomic E-state index is 14.6. The van der Waals surface area contributed by atoms with E-state index in [1.807, 2.05) is 29.2 Å². The number of amides is 1. The largest absolute Gasteiger partial charge is 0.349 e. The minimum Gasteiger partial charge on any atom is -0.349 e. The Kier molecular flexibility index (Phi) is 7.20. The van der Waals surface area contributed by atoms with Crippen molar-refractivity contribution in [3.63, 3.8) is 0 Å². The van der Waals surface area contributed by atoms with E-state index in [1.165, 1.54) is 17.7 Å². The van der Waals surface area contributed by atoms with E-state index < -0.39 is 11.6 Å². The minimum absolute atomic E-state index is 0.248. The van der Waals surface area contributed by atoms with E-state index in [0.29, 0.717) is 41.2 Å². The van der Waals surface area contributed by atoms with Crippen molar-refractivity contribution in [2.24, 2.45) is 0 Å². The molecule has 0 radical (unpaired) electrons. The smallest absolute Gasteiger partial charge is 0.255 e. The number of piperazine rings is 1. The van der Waals surface area contributed by atoms with Gasteiger partial charge in [-0.25, -0.2) is 18.3 Å². The molecule has 0 saturated carbocycles. The molecule has 208 valence electrons. The number of halogens is 2. The van der Waals surface area contributed by atoms with E-state index in [1.54, 1.807) is 23.0 Å². The number of fused-ring (bicyclic) bond motifs is 1. The van der Waals surface area contributed by atoms with Crippen molar-refractivity contribution in [2.75, 3.05) is 50.0 Å². The fourth-order valence-electron chi connectivity index (χ4n) is 5.77. The third-order valence-electron chi connectivity index (χ3n) is 8.21. The van der Waals surface area contributed by atoms with Gasteiger partial charge < -0.3 is 15.1 Å². The predicted molar refractivity (Wildman–Crippen MR) is 151 cm³/mol. The third kappa shape index (κ3) is 5.16. The van der Waals surface area contributed by atoms with Crippen molar-refractivity contribution in [1.82, 2.24) is 24.4 Å². The highest BCUT2D eigenvalue weighted by Crippen LogP contribution is 2.37. The Hall–Kier alpha value is -3.89. The molecule has 2 fully saturated rings. The molecule has 1 amide bonds. The summed E-state index contributed by atoms with van der Waals surface area (Å²) in [5.74, 6) is -0.520. The van der Waals surface area contributed by atoms with Crippen LogP contribution in [0, 0.1) is 11.6 Å². The SMILES string of the molecule is C[C@H](c1ccc(C(=O)Nc2cnn3ccc(N4CCC[C@@H]4c4cc(F)ccc4F)nc23)cc1)N1CCN(C)CC1. The van der Waals surface area contributed by atoms with E-state index in [2.05, 4.69) is 34.2 Å². The van der Waals surface area contributed by atoms with E-state index >= 15 is 0 Å². The molecule has 0 unspecified atom stereocenters. The molecule has 8 nitrogen and oxygen atoms in total. The number of benzene rings is 2. The van der Waals surface area contributed by atoms with Gasteiger partial charge in [-0.05, 0) is 68.8 Å². The topological polar surface area (TPSA) is 69.0 Å². The Balaban J connectivity index is 1.19. The first-order valence-corrected chi connectivity index (χ1v) is 13.8. The molecule has 4 heterocycles. The number of likely N-dealkylation sites (N-methyl/N-ethyl adjacent to an activating group) is 1. The van der Waals surface area contributed by atoms with Crippen LogP contribution in [-0.2, 0) is 0 Å². The van der Waals surface area contributed by atoms with Crippen molar-refractivity contribution in [2.45, 2.75) is 31.8 Å². The third-order valence-corrected chi connectivity index (χ3v) is 8.21. The number of nitrogens with one attached hydrogen (secondary N) is 1. The number of carbonyl (C=O) groups excluding carboxylic acids is 1. The fourth-order valence-corrected chi connectivity index (χ4v) is 5.77. The molecule has 1 N–H and O–H groups in total. The lowest BCUT2D eigenvalue weighted by molar-refractivity contribution is 0.102. The summed E-state index contributed by atoms with van der Waals surface area (Å²) in [6.07, 6.45) is 4.86. The summed E-state index contributed by atoms with van der Waals surface area (Å²) in [6.45, 7) is 7.04. The molecule has 10 heteroatoms. The van der Waals surface area contributed by atoms with Crippen molar-refractivity contribution in [1.29, 1.82) is 0 Å². The summed E-state index contributed by atoms with van der Waals surface area (Å²) >= 11 is 0. The average Bonchev–Trinajstić information content (AvgIpc) is 3.62. The van der Waals surface area contributed by atoms with Crippen LogP contribution in [0.2, 0.25) is 0 Å². The second-order valence-electron chi connectivity index (χ2n) is 10.7. The molecule has 6 rings (SSSR count). The Morgan fingerprint density at radius 2 is 1.80 bits per heavy atom. The molecule has 2 aliphatic rings. The predicted octanol–water partition coefficient (Wildman–Crippen LogP) is 4.91. The lowest BCUT2D eigenvalue weighted by atomic mass is 10.0. The zero-order valence-electron chi connectivity index (χ0n) is 22.7. The lowest BCUT2D eigenvalue weighted by Gasteiger charge is -2.36. The summed E-state index contributed by atoms with van der Waals surface area (Å²) in [4.78, 5) is 24.7. The van der Waals surface area contributed by atoms with Gasteiger partial charge in [0.2, 0.25) is 0 Å². The van der Waals surface area contributed by atoms with Crippen LogP contribution in [0.25, 0.3) is 5.65 Å². The Morgan fingerprint density at radius 1 is 1.02 bits per heavy atom. The van der Waals surface area contributed by atoms with Gasteiger partial charge in [-0.15, -0.1) is 0 Å². The molecular formula is C30H33F2N7O. The Labute approximate surface area is 232 Å². The molecule has 2 aromatic heterocycles. The summed E-state index contributed by atoms with van der Waals surface area (Å²) in [5, 5.41) is 7.28. The first-order chi connectivity index (χ1) is 19.4. The summed E-state index contributed by atoms with van der Waals surface area (Å²) in [7, 11) is 2.15. The van der Waals surface area contributed by atoms with Crippen LogP contribution in [0.15, 0.2) is 60.9 Å². The molecule has 0 spiro atoms. The van der Waals surface area contributed by atoms with Gasteiger partial charge in [0.05, 0.1) is 12.2 Å². The number of nitrogens with zero attached hydrogens (tertiary/aromatic N) is 6. The van der Waals surface area contributed by atoms with Gasteiger partial charge in [-0.1, -0.05) is 12.1 Å². The maximum Gasteiger partial charge on any atom is 0.255 e. The number of rotatable bonds is 6. The molecular weight excluding hydrogens is 512 g/mol. The van der Waals surface area contributed by atoms with Crippen LogP contribution in [0.4, 0.5) is 20.3 Å². The molecule has 0 aliphatic carbocycles. The van der Waals surface area contributed by atoms with E-state index in [9.17, 15) is 13.6 Å². The van der Waals surface area contributed by atoms with E-state index in [-0.39, 0.29) is 18.0 Å². The maximum atomic E-state index is 14.6. The van der Waals surface area contributed by atoms with Gasteiger partial charge in [0.1, 0.15) is 23.1 Å². The normalized spacial score (nSPS) is 19.3. The second-order valence-corrected chi connectivity index (χ2v) is 10.7. The standard InChI is InChI=1S/C30H33F2N7O/c1-20(37-16-14-36(2)15-17-37)21-5-7-22(8-6-21)30(40)34-26-19-33-39-13-11-28(35-29(26)39)38-12-3-4-27(38)24-18-23(31)9-10-25(24)32/h5-11,13,18-20,27H,3-4,12,14-17H2,1-2H3,(H,34,40)/t20-,27-/m1/s1. The van der Waals surface area contributed by atoms with E-state index in [4.69, 9.17) is 4.98 Å². The average molecular weight is 546 g/mol. The van der Waals surface area contributed by atoms with Crippen molar-refractivity contribution in [3.8, 4) is 0 Å². The lowest BCUT2D eigenvalue weighted by Crippen LogP contribution is -2.45. The minimum atomic E-state index is -0.464. The molecule has 2 atom stereocenters. The number of anilines is 2. The van der Waals surface area contributed by atoms with Crippen molar-refractivity contribution >= 4 is 23.1 Å². The van der Waals surface area contributed by atoms with Gasteiger partial charge in [0.15, 0.2) is 5.65 Å². The number of hydrogen-bond donors (Lipinski definition) is 1. The molecule has 0 bridgehead atoms. The van der Waals surface area contributed by atoms with Crippen LogP contribution in [-0.4, -0.2) is 70.1 Å².